The number of H-pyrrole nitrogens is 1. The van der Waals surface area contributed by atoms with Gasteiger partial charge >= 0.3 is 0 Å². The quantitative estimate of drug-likeness (QED) is 0.362. The molecule has 3 nitrogen and oxygen atoms in total. The molecule has 0 radical (unpaired) electrons. The highest BCUT2D eigenvalue weighted by Gasteiger charge is 2.15. The maximum Gasteiger partial charge on any atom is 0.109 e. The Kier molecular flexibility index (Phi) is 4.54. The highest BCUT2D eigenvalue weighted by molar-refractivity contribution is 6.09. The number of aromatic nitrogens is 2. The minimum Gasteiger partial charge on any atom is -0.342 e. The first-order chi connectivity index (χ1) is 14.5. The van der Waals surface area contributed by atoms with Crippen LogP contribution in [0.1, 0.15) is 51.4 Å². The molecule has 0 amide bonds. The molecular formula is C27H27N3. The third-order valence-corrected chi connectivity index (χ3v) is 6.08. The average molecular weight is 394 g/mol. The molecule has 3 heteroatoms. The van der Waals surface area contributed by atoms with Gasteiger partial charge in [-0.2, -0.15) is 0 Å². The van der Waals surface area contributed by atoms with E-state index in [9.17, 15) is 0 Å². The SMILES string of the molecule is CC(C)C1=NC=C(c2ccc3c(ccc4cc(-c5cnc(C(C)C)[nH]5)ccc43)c2)C1. The Labute approximate surface area is 177 Å². The Bertz CT molecular complexity index is 1320. The van der Waals surface area contributed by atoms with Crippen molar-refractivity contribution in [3.8, 4) is 11.3 Å². The van der Waals surface area contributed by atoms with Gasteiger partial charge in [0.1, 0.15) is 5.82 Å². The summed E-state index contributed by atoms with van der Waals surface area (Å²) in [6, 6.07) is 17.9. The van der Waals surface area contributed by atoms with Crippen molar-refractivity contribution in [2.24, 2.45) is 10.9 Å². The summed E-state index contributed by atoms with van der Waals surface area (Å²) in [6.45, 7) is 8.73. The van der Waals surface area contributed by atoms with Gasteiger partial charge < -0.3 is 4.98 Å². The number of nitrogens with one attached hydrogen (secondary N) is 1. The number of aromatic amines is 1. The van der Waals surface area contributed by atoms with E-state index in [0.29, 0.717) is 11.8 Å². The smallest absolute Gasteiger partial charge is 0.109 e. The first-order valence-electron chi connectivity index (χ1n) is 10.8. The number of benzene rings is 3. The second-order valence-corrected chi connectivity index (χ2v) is 8.88. The summed E-state index contributed by atoms with van der Waals surface area (Å²) in [6.07, 6.45) is 4.94. The largest absolute Gasteiger partial charge is 0.342 e. The molecule has 0 spiro atoms. The van der Waals surface area contributed by atoms with E-state index in [1.54, 1.807) is 0 Å². The second-order valence-electron chi connectivity index (χ2n) is 8.88. The van der Waals surface area contributed by atoms with E-state index in [-0.39, 0.29) is 0 Å². The fourth-order valence-electron chi connectivity index (χ4n) is 4.19. The van der Waals surface area contributed by atoms with E-state index in [0.717, 1.165) is 17.9 Å². The first kappa shape index (κ1) is 18.8. The lowest BCUT2D eigenvalue weighted by Gasteiger charge is -2.10. The van der Waals surface area contributed by atoms with Gasteiger partial charge in [-0.1, -0.05) is 64.1 Å². The second kappa shape index (κ2) is 7.24. The zero-order chi connectivity index (χ0) is 20.8. The van der Waals surface area contributed by atoms with Crippen molar-refractivity contribution in [2.75, 3.05) is 0 Å². The zero-order valence-electron chi connectivity index (χ0n) is 18.0. The van der Waals surface area contributed by atoms with Gasteiger partial charge in [0, 0.05) is 29.8 Å². The molecule has 0 unspecified atom stereocenters. The van der Waals surface area contributed by atoms with Crippen LogP contribution in [0.2, 0.25) is 0 Å². The van der Waals surface area contributed by atoms with E-state index in [2.05, 4.69) is 91.2 Å². The highest BCUT2D eigenvalue weighted by Crippen LogP contribution is 2.33. The van der Waals surface area contributed by atoms with Gasteiger partial charge in [0.2, 0.25) is 0 Å². The third kappa shape index (κ3) is 3.24. The van der Waals surface area contributed by atoms with Crippen LogP contribution in [0.3, 0.4) is 0 Å². The summed E-state index contributed by atoms with van der Waals surface area (Å²) in [5, 5.41) is 5.10. The molecule has 4 aromatic rings. The molecular weight excluding hydrogens is 366 g/mol. The fraction of sp³-hybridized carbons (Fsp3) is 0.259. The molecule has 1 aromatic heterocycles. The lowest BCUT2D eigenvalue weighted by molar-refractivity contribution is 0.795. The van der Waals surface area contributed by atoms with Crippen molar-refractivity contribution in [3.63, 3.8) is 0 Å². The molecule has 5 rings (SSSR count). The Morgan fingerprint density at radius 2 is 1.47 bits per heavy atom. The summed E-state index contributed by atoms with van der Waals surface area (Å²) in [5.41, 5.74) is 6.11. The van der Waals surface area contributed by atoms with E-state index >= 15 is 0 Å². The molecule has 0 bridgehead atoms. The van der Waals surface area contributed by atoms with Crippen LogP contribution in [0.25, 0.3) is 38.4 Å². The monoisotopic (exact) mass is 393 g/mol. The van der Waals surface area contributed by atoms with Crippen molar-refractivity contribution in [1.29, 1.82) is 0 Å². The number of aliphatic imine (C=N–C) groups is 1. The van der Waals surface area contributed by atoms with Crippen molar-refractivity contribution in [2.45, 2.75) is 40.0 Å². The number of fused-ring (bicyclic) bond motifs is 3. The molecule has 0 fully saturated rings. The van der Waals surface area contributed by atoms with Gasteiger partial charge in [-0.25, -0.2) is 4.98 Å². The summed E-state index contributed by atoms with van der Waals surface area (Å²) >= 11 is 0. The van der Waals surface area contributed by atoms with Crippen LogP contribution in [0.4, 0.5) is 0 Å². The molecule has 3 aromatic carbocycles. The summed E-state index contributed by atoms with van der Waals surface area (Å²) in [4.78, 5) is 12.6. The van der Waals surface area contributed by atoms with Gasteiger partial charge in [0.25, 0.3) is 0 Å². The lowest BCUT2D eigenvalue weighted by atomic mass is 9.94. The Morgan fingerprint density at radius 1 is 0.800 bits per heavy atom. The topological polar surface area (TPSA) is 41.0 Å². The van der Waals surface area contributed by atoms with Crippen LogP contribution in [-0.4, -0.2) is 15.7 Å². The molecule has 0 saturated carbocycles. The lowest BCUT2D eigenvalue weighted by Crippen LogP contribution is -2.04. The molecule has 150 valence electrons. The predicted octanol–water partition coefficient (Wildman–Crippen LogP) is 7.35. The summed E-state index contributed by atoms with van der Waals surface area (Å²) in [7, 11) is 0. The Morgan fingerprint density at radius 3 is 2.07 bits per heavy atom. The molecule has 1 N–H and O–H groups in total. The van der Waals surface area contributed by atoms with Crippen LogP contribution in [0.15, 0.2) is 65.9 Å². The van der Waals surface area contributed by atoms with E-state index in [1.807, 2.05) is 12.4 Å². The van der Waals surface area contributed by atoms with Crippen molar-refractivity contribution in [3.05, 3.63) is 72.3 Å². The van der Waals surface area contributed by atoms with Gasteiger partial charge in [0.15, 0.2) is 0 Å². The van der Waals surface area contributed by atoms with Crippen LogP contribution in [-0.2, 0) is 0 Å². The molecule has 1 aliphatic rings. The number of nitrogens with zero attached hydrogens (tertiary/aromatic N) is 2. The number of hydrogen-bond acceptors (Lipinski definition) is 2. The third-order valence-electron chi connectivity index (χ3n) is 6.08. The fourth-order valence-corrected chi connectivity index (χ4v) is 4.19. The Balaban J connectivity index is 1.51. The summed E-state index contributed by atoms with van der Waals surface area (Å²) in [5.74, 6) is 1.93. The van der Waals surface area contributed by atoms with E-state index < -0.39 is 0 Å². The predicted molar refractivity (Wildman–Crippen MR) is 128 cm³/mol. The zero-order valence-corrected chi connectivity index (χ0v) is 18.0. The first-order valence-corrected chi connectivity index (χ1v) is 10.8. The molecule has 30 heavy (non-hydrogen) atoms. The van der Waals surface area contributed by atoms with Crippen molar-refractivity contribution in [1.82, 2.24) is 9.97 Å². The van der Waals surface area contributed by atoms with Crippen LogP contribution >= 0.6 is 0 Å². The highest BCUT2D eigenvalue weighted by atomic mass is 14.9. The minimum atomic E-state index is 0.398. The van der Waals surface area contributed by atoms with Crippen LogP contribution in [0.5, 0.6) is 0 Å². The molecule has 2 heterocycles. The van der Waals surface area contributed by atoms with Gasteiger partial charge in [0.05, 0.1) is 11.9 Å². The Hall–Kier alpha value is -3.20. The van der Waals surface area contributed by atoms with E-state index in [4.69, 9.17) is 0 Å². The molecule has 0 aliphatic carbocycles. The number of allylic oxidation sites excluding steroid dienone is 1. The summed E-state index contributed by atoms with van der Waals surface area (Å²) < 4.78 is 0. The van der Waals surface area contributed by atoms with Crippen molar-refractivity contribution < 1.29 is 0 Å². The molecule has 0 atom stereocenters. The number of hydrogen-bond donors (Lipinski definition) is 1. The maximum atomic E-state index is 4.62. The number of imidazole rings is 1. The van der Waals surface area contributed by atoms with Gasteiger partial charge in [-0.05, 0) is 50.7 Å². The molecule has 1 aliphatic heterocycles. The van der Waals surface area contributed by atoms with Crippen LogP contribution in [0, 0.1) is 5.92 Å². The minimum absolute atomic E-state index is 0.398. The standard InChI is InChI=1S/C27H27N3/c1-16(2)25-13-22(14-28-25)18-7-9-23-19(11-18)5-6-20-12-21(8-10-24(20)23)26-15-29-27(30-26)17(3)4/h5-12,14-17H,13H2,1-4H3,(H,29,30). The van der Waals surface area contributed by atoms with Crippen LogP contribution < -0.4 is 0 Å². The molecule has 0 saturated heterocycles. The normalized spacial score (nSPS) is 14.2. The maximum absolute atomic E-state index is 4.62. The van der Waals surface area contributed by atoms with Crippen molar-refractivity contribution >= 4 is 32.8 Å². The van der Waals surface area contributed by atoms with E-state index in [1.165, 1.54) is 44.0 Å². The average Bonchev–Trinajstić information content (AvgIpc) is 3.43. The number of rotatable bonds is 4. The van der Waals surface area contributed by atoms with Gasteiger partial charge in [-0.3, -0.25) is 4.99 Å². The van der Waals surface area contributed by atoms with Gasteiger partial charge in [-0.15, -0.1) is 0 Å².